The first kappa shape index (κ1) is 8.62. The van der Waals surface area contributed by atoms with Crippen molar-refractivity contribution < 1.29 is 0 Å². The molecule has 1 heterocycles. The number of hydrogen-bond acceptors (Lipinski definition) is 4. The van der Waals surface area contributed by atoms with E-state index in [1.165, 1.54) is 24.1 Å². The van der Waals surface area contributed by atoms with E-state index < -0.39 is 0 Å². The first-order chi connectivity index (χ1) is 6.34. The quantitative estimate of drug-likeness (QED) is 0.654. The summed E-state index contributed by atoms with van der Waals surface area (Å²) in [4.78, 5) is 1.48. The number of nitrogens with zero attached hydrogens (tertiary/aromatic N) is 4. The first-order valence-electron chi connectivity index (χ1n) is 4.78. The minimum absolute atomic E-state index is 0.737. The zero-order valence-electron chi connectivity index (χ0n) is 7.90. The van der Waals surface area contributed by atoms with Gasteiger partial charge in [0.05, 0.1) is 13.6 Å². The van der Waals surface area contributed by atoms with Crippen LogP contribution in [0.25, 0.3) is 0 Å². The highest BCUT2D eigenvalue weighted by Gasteiger charge is 2.19. The molecule has 1 aromatic heterocycles. The lowest BCUT2D eigenvalue weighted by atomic mass is 10.3. The zero-order chi connectivity index (χ0) is 9.10. The van der Waals surface area contributed by atoms with Crippen molar-refractivity contribution in [1.82, 2.24) is 25.5 Å². The Morgan fingerprint density at radius 3 is 3.00 bits per heavy atom. The average molecular weight is 181 g/mol. The van der Waals surface area contributed by atoms with Crippen LogP contribution in [0.2, 0.25) is 0 Å². The van der Waals surface area contributed by atoms with Gasteiger partial charge in [0.1, 0.15) is 0 Å². The predicted octanol–water partition coefficient (Wildman–Crippen LogP) is 0.0998. The Morgan fingerprint density at radius 2 is 2.38 bits per heavy atom. The summed E-state index contributed by atoms with van der Waals surface area (Å²) in [5.41, 5.74) is 0. The molecule has 5 heteroatoms. The van der Waals surface area contributed by atoms with Crippen molar-refractivity contribution in [2.75, 3.05) is 6.54 Å². The van der Waals surface area contributed by atoms with Crippen LogP contribution < -0.4 is 5.32 Å². The van der Waals surface area contributed by atoms with Crippen LogP contribution in [0.5, 0.6) is 0 Å². The third-order valence-corrected chi connectivity index (χ3v) is 2.26. The second-order valence-corrected chi connectivity index (χ2v) is 3.60. The van der Waals surface area contributed by atoms with Crippen LogP contribution in [-0.4, -0.2) is 26.8 Å². The maximum Gasteiger partial charge on any atom is 0.188 e. The minimum atomic E-state index is 0.737. The van der Waals surface area contributed by atoms with Crippen LogP contribution in [0.4, 0.5) is 0 Å². The lowest BCUT2D eigenvalue weighted by Crippen LogP contribution is -2.16. The van der Waals surface area contributed by atoms with Gasteiger partial charge in [-0.1, -0.05) is 12.8 Å². The van der Waals surface area contributed by atoms with Crippen LogP contribution in [0, 0.1) is 5.92 Å². The summed E-state index contributed by atoms with van der Waals surface area (Å²) >= 11 is 0. The summed E-state index contributed by atoms with van der Waals surface area (Å²) in [5.74, 6) is 1.76. The smallest absolute Gasteiger partial charge is 0.188 e. The molecule has 0 radical (unpaired) electrons. The maximum absolute atomic E-state index is 4.07. The van der Waals surface area contributed by atoms with E-state index >= 15 is 0 Å². The minimum Gasteiger partial charge on any atom is -0.310 e. The summed E-state index contributed by atoms with van der Waals surface area (Å²) in [7, 11) is 1.78. The SMILES string of the molecule is Cn1nnc(CNCCC2CC2)n1. The van der Waals surface area contributed by atoms with Crippen LogP contribution in [0.15, 0.2) is 0 Å². The molecule has 1 aliphatic carbocycles. The molecule has 0 atom stereocenters. The number of aromatic nitrogens is 4. The fourth-order valence-corrected chi connectivity index (χ4v) is 1.31. The molecule has 0 amide bonds. The fourth-order valence-electron chi connectivity index (χ4n) is 1.31. The molecule has 1 N–H and O–H groups in total. The Hall–Kier alpha value is -0.970. The van der Waals surface area contributed by atoms with E-state index in [1.54, 1.807) is 7.05 Å². The standard InChI is InChI=1S/C8H15N5/c1-13-11-8(10-12-13)6-9-5-4-7-2-3-7/h7,9H,2-6H2,1H3. The van der Waals surface area contributed by atoms with Crippen molar-refractivity contribution >= 4 is 0 Å². The second kappa shape index (κ2) is 3.83. The Morgan fingerprint density at radius 1 is 1.54 bits per heavy atom. The molecule has 1 aliphatic rings. The third kappa shape index (κ3) is 2.77. The summed E-state index contributed by atoms with van der Waals surface area (Å²) in [6.45, 7) is 1.81. The normalized spacial score (nSPS) is 16.4. The molecule has 1 aromatic rings. The van der Waals surface area contributed by atoms with Gasteiger partial charge in [-0.3, -0.25) is 0 Å². The van der Waals surface area contributed by atoms with Crippen LogP contribution in [0.1, 0.15) is 25.1 Å². The predicted molar refractivity (Wildman–Crippen MR) is 47.8 cm³/mol. The van der Waals surface area contributed by atoms with Gasteiger partial charge in [0.2, 0.25) is 0 Å². The van der Waals surface area contributed by atoms with E-state index in [1.807, 2.05) is 0 Å². The molecule has 0 spiro atoms. The van der Waals surface area contributed by atoms with Gasteiger partial charge in [0.25, 0.3) is 0 Å². The fraction of sp³-hybridized carbons (Fsp3) is 0.875. The van der Waals surface area contributed by atoms with Gasteiger partial charge >= 0.3 is 0 Å². The van der Waals surface area contributed by atoms with E-state index in [0.29, 0.717) is 0 Å². The summed E-state index contributed by atoms with van der Waals surface area (Å²) in [6, 6.07) is 0. The van der Waals surface area contributed by atoms with Crippen LogP contribution in [0.3, 0.4) is 0 Å². The highest BCUT2D eigenvalue weighted by molar-refractivity contribution is 4.77. The van der Waals surface area contributed by atoms with Gasteiger partial charge in [-0.05, 0) is 24.1 Å². The van der Waals surface area contributed by atoms with E-state index in [-0.39, 0.29) is 0 Å². The van der Waals surface area contributed by atoms with Gasteiger partial charge in [-0.25, -0.2) is 0 Å². The number of hydrogen-bond donors (Lipinski definition) is 1. The zero-order valence-corrected chi connectivity index (χ0v) is 7.90. The number of nitrogens with one attached hydrogen (secondary N) is 1. The van der Waals surface area contributed by atoms with Crippen molar-refractivity contribution in [2.45, 2.75) is 25.8 Å². The monoisotopic (exact) mass is 181 g/mol. The van der Waals surface area contributed by atoms with Gasteiger partial charge in [-0.15, -0.1) is 10.2 Å². The molecule has 0 bridgehead atoms. The molecule has 0 aliphatic heterocycles. The average Bonchev–Trinajstić information content (AvgIpc) is 2.84. The molecular weight excluding hydrogens is 166 g/mol. The highest BCUT2D eigenvalue weighted by Crippen LogP contribution is 2.31. The molecule has 2 rings (SSSR count). The molecular formula is C8H15N5. The van der Waals surface area contributed by atoms with E-state index in [4.69, 9.17) is 0 Å². The summed E-state index contributed by atoms with van der Waals surface area (Å²) in [6.07, 6.45) is 4.14. The lowest BCUT2D eigenvalue weighted by molar-refractivity contribution is 0.592. The molecule has 0 saturated heterocycles. The molecule has 0 unspecified atom stereocenters. The van der Waals surface area contributed by atoms with E-state index in [0.717, 1.165) is 24.8 Å². The molecule has 13 heavy (non-hydrogen) atoms. The Bertz CT molecular complexity index is 265. The van der Waals surface area contributed by atoms with Crippen molar-refractivity contribution in [2.24, 2.45) is 13.0 Å². The van der Waals surface area contributed by atoms with Crippen molar-refractivity contribution in [3.63, 3.8) is 0 Å². The Balaban J connectivity index is 1.61. The molecule has 1 saturated carbocycles. The van der Waals surface area contributed by atoms with Gasteiger partial charge in [0.15, 0.2) is 5.82 Å². The summed E-state index contributed by atoms with van der Waals surface area (Å²) < 4.78 is 0. The van der Waals surface area contributed by atoms with Crippen LogP contribution in [-0.2, 0) is 13.6 Å². The molecule has 5 nitrogen and oxygen atoms in total. The number of aryl methyl sites for hydroxylation is 1. The molecule has 1 fully saturated rings. The highest BCUT2D eigenvalue weighted by atomic mass is 15.6. The third-order valence-electron chi connectivity index (χ3n) is 2.26. The lowest BCUT2D eigenvalue weighted by Gasteiger charge is -1.98. The van der Waals surface area contributed by atoms with Crippen molar-refractivity contribution in [3.05, 3.63) is 5.82 Å². The Labute approximate surface area is 77.5 Å². The topological polar surface area (TPSA) is 55.6 Å². The number of rotatable bonds is 5. The number of tetrazole rings is 1. The van der Waals surface area contributed by atoms with Gasteiger partial charge < -0.3 is 5.32 Å². The first-order valence-corrected chi connectivity index (χ1v) is 4.78. The van der Waals surface area contributed by atoms with Gasteiger partial charge in [0, 0.05) is 0 Å². The summed E-state index contributed by atoms with van der Waals surface area (Å²) in [5, 5.41) is 15.0. The Kier molecular flexibility index (Phi) is 2.54. The van der Waals surface area contributed by atoms with Gasteiger partial charge in [-0.2, -0.15) is 4.80 Å². The largest absolute Gasteiger partial charge is 0.310 e. The molecule has 0 aromatic carbocycles. The van der Waals surface area contributed by atoms with Crippen molar-refractivity contribution in [1.29, 1.82) is 0 Å². The van der Waals surface area contributed by atoms with Crippen molar-refractivity contribution in [3.8, 4) is 0 Å². The maximum atomic E-state index is 4.07. The second-order valence-electron chi connectivity index (χ2n) is 3.60. The van der Waals surface area contributed by atoms with E-state index in [9.17, 15) is 0 Å². The molecule has 72 valence electrons. The van der Waals surface area contributed by atoms with Crippen LogP contribution >= 0.6 is 0 Å². The van der Waals surface area contributed by atoms with E-state index in [2.05, 4.69) is 20.7 Å².